The van der Waals surface area contributed by atoms with Crippen molar-refractivity contribution in [1.29, 1.82) is 0 Å². The molecule has 0 aromatic heterocycles. The van der Waals surface area contributed by atoms with E-state index >= 15 is 0 Å². The lowest BCUT2D eigenvalue weighted by molar-refractivity contribution is 0.0135. The van der Waals surface area contributed by atoms with Crippen LogP contribution in [0.1, 0.15) is 49.4 Å². The number of carbonyl (C=O) groups is 1. The number of nitrogens with two attached hydrogens (primary N) is 1. The van der Waals surface area contributed by atoms with Gasteiger partial charge in [-0.2, -0.15) is 0 Å². The Balaban J connectivity index is 2.06. The normalized spacial score (nSPS) is 22.6. The number of anilines is 1. The van der Waals surface area contributed by atoms with Crippen molar-refractivity contribution in [2.75, 3.05) is 5.73 Å². The second kappa shape index (κ2) is 6.20. The number of esters is 1. The van der Waals surface area contributed by atoms with Crippen LogP contribution in [0.15, 0.2) is 12.1 Å². The van der Waals surface area contributed by atoms with Crippen LogP contribution < -0.4 is 5.73 Å². The van der Waals surface area contributed by atoms with Crippen LogP contribution in [0.25, 0.3) is 0 Å². The number of benzene rings is 1. The van der Waals surface area contributed by atoms with Crippen molar-refractivity contribution in [2.45, 2.75) is 45.1 Å². The molecule has 2 unspecified atom stereocenters. The van der Waals surface area contributed by atoms with Crippen LogP contribution in [-0.2, 0) is 4.74 Å². The maximum atomic E-state index is 13.6. The fourth-order valence-electron chi connectivity index (χ4n) is 2.65. The Morgan fingerprint density at radius 2 is 2.10 bits per heavy atom. The first-order valence-electron chi connectivity index (χ1n) is 6.96. The van der Waals surface area contributed by atoms with Crippen LogP contribution in [0.3, 0.4) is 0 Å². The summed E-state index contributed by atoms with van der Waals surface area (Å²) in [5, 5.41) is 0. The van der Waals surface area contributed by atoms with Crippen LogP contribution in [0, 0.1) is 17.6 Å². The lowest BCUT2D eigenvalue weighted by Crippen LogP contribution is -2.26. The minimum absolute atomic E-state index is 0.207. The molecule has 1 aliphatic carbocycles. The first-order valence-corrected chi connectivity index (χ1v) is 6.96. The molecule has 2 N–H and O–H groups in total. The molecule has 20 heavy (non-hydrogen) atoms. The molecule has 1 aliphatic rings. The zero-order chi connectivity index (χ0) is 14.7. The van der Waals surface area contributed by atoms with Gasteiger partial charge in [-0.25, -0.2) is 13.6 Å². The minimum atomic E-state index is -0.850. The summed E-state index contributed by atoms with van der Waals surface area (Å²) in [7, 11) is 0. The van der Waals surface area contributed by atoms with E-state index in [0.29, 0.717) is 5.92 Å². The largest absolute Gasteiger partial charge is 0.459 e. The van der Waals surface area contributed by atoms with Gasteiger partial charge in [-0.1, -0.05) is 19.8 Å². The summed E-state index contributed by atoms with van der Waals surface area (Å²) in [5.74, 6) is -1.94. The third-order valence-electron chi connectivity index (χ3n) is 3.89. The molecule has 1 fully saturated rings. The number of nitrogen functional groups attached to an aromatic ring is 1. The lowest BCUT2D eigenvalue weighted by atomic mass is 9.85. The third-order valence-corrected chi connectivity index (χ3v) is 3.89. The molecular formula is C15H19F2NO2. The molecular weight excluding hydrogens is 264 g/mol. The molecule has 1 aromatic rings. The summed E-state index contributed by atoms with van der Waals surface area (Å²) in [6, 6.07) is 1.61. The predicted molar refractivity (Wildman–Crippen MR) is 72.2 cm³/mol. The van der Waals surface area contributed by atoms with Crippen molar-refractivity contribution >= 4 is 11.7 Å². The quantitative estimate of drug-likeness (QED) is 0.680. The highest BCUT2D eigenvalue weighted by Gasteiger charge is 2.25. The maximum absolute atomic E-state index is 13.6. The smallest absolute Gasteiger partial charge is 0.341 e. The number of halogens is 2. The lowest BCUT2D eigenvalue weighted by Gasteiger charge is -2.28. The molecule has 3 nitrogen and oxygen atoms in total. The molecule has 110 valence electrons. The molecule has 0 aliphatic heterocycles. The highest BCUT2D eigenvalue weighted by molar-refractivity contribution is 5.90. The monoisotopic (exact) mass is 283 g/mol. The van der Waals surface area contributed by atoms with Gasteiger partial charge in [0, 0.05) is 6.07 Å². The second-order valence-electron chi connectivity index (χ2n) is 5.32. The number of ether oxygens (including phenoxy) is 1. The van der Waals surface area contributed by atoms with E-state index in [1.54, 1.807) is 0 Å². The number of carbonyl (C=O) groups excluding carboxylic acids is 1. The SMILES string of the molecule is CCC1CCCC(OC(=O)c2cc(F)c(N)cc2F)C1. The third kappa shape index (κ3) is 3.26. The summed E-state index contributed by atoms with van der Waals surface area (Å²) >= 11 is 0. The molecule has 0 saturated heterocycles. The van der Waals surface area contributed by atoms with Gasteiger partial charge in [0.25, 0.3) is 0 Å². The zero-order valence-corrected chi connectivity index (χ0v) is 11.5. The van der Waals surface area contributed by atoms with E-state index in [1.807, 2.05) is 0 Å². The van der Waals surface area contributed by atoms with Crippen LogP contribution in [0.5, 0.6) is 0 Å². The Kier molecular flexibility index (Phi) is 4.57. The number of hydrogen-bond acceptors (Lipinski definition) is 3. The molecule has 1 saturated carbocycles. The maximum Gasteiger partial charge on any atom is 0.341 e. The molecule has 5 heteroatoms. The molecule has 2 rings (SSSR count). The van der Waals surface area contributed by atoms with Crippen LogP contribution in [0.4, 0.5) is 14.5 Å². The van der Waals surface area contributed by atoms with Crippen molar-refractivity contribution in [1.82, 2.24) is 0 Å². The average Bonchev–Trinajstić information content (AvgIpc) is 2.43. The average molecular weight is 283 g/mol. The number of rotatable bonds is 3. The Morgan fingerprint density at radius 1 is 1.35 bits per heavy atom. The molecule has 0 spiro atoms. The van der Waals surface area contributed by atoms with Gasteiger partial charge in [0.05, 0.1) is 11.3 Å². The highest BCUT2D eigenvalue weighted by Crippen LogP contribution is 2.29. The summed E-state index contributed by atoms with van der Waals surface area (Å²) < 4.78 is 32.2. The Bertz CT molecular complexity index is 505. The molecule has 2 atom stereocenters. The molecule has 0 amide bonds. The van der Waals surface area contributed by atoms with E-state index in [9.17, 15) is 13.6 Å². The zero-order valence-electron chi connectivity index (χ0n) is 11.5. The van der Waals surface area contributed by atoms with Gasteiger partial charge < -0.3 is 10.5 Å². The van der Waals surface area contributed by atoms with Gasteiger partial charge in [-0.15, -0.1) is 0 Å². The van der Waals surface area contributed by atoms with Gasteiger partial charge in [0.15, 0.2) is 0 Å². The topological polar surface area (TPSA) is 52.3 Å². The number of hydrogen-bond donors (Lipinski definition) is 1. The van der Waals surface area contributed by atoms with E-state index in [1.165, 1.54) is 0 Å². The Hall–Kier alpha value is -1.65. The van der Waals surface area contributed by atoms with Crippen molar-refractivity contribution in [2.24, 2.45) is 5.92 Å². The minimum Gasteiger partial charge on any atom is -0.459 e. The first-order chi connectivity index (χ1) is 9.51. The van der Waals surface area contributed by atoms with E-state index in [-0.39, 0.29) is 11.8 Å². The Labute approximate surface area is 117 Å². The van der Waals surface area contributed by atoms with E-state index in [2.05, 4.69) is 6.92 Å². The van der Waals surface area contributed by atoms with E-state index in [4.69, 9.17) is 10.5 Å². The second-order valence-corrected chi connectivity index (χ2v) is 5.32. The van der Waals surface area contributed by atoms with Gasteiger partial charge in [0.1, 0.15) is 17.7 Å². The van der Waals surface area contributed by atoms with E-state index in [0.717, 1.165) is 44.2 Å². The standard InChI is InChI=1S/C15H19F2NO2/c1-2-9-4-3-5-10(6-9)20-15(19)11-7-13(17)14(18)8-12(11)16/h7-10H,2-6,18H2,1H3. The molecule has 0 heterocycles. The van der Waals surface area contributed by atoms with Crippen LogP contribution in [0.2, 0.25) is 0 Å². The van der Waals surface area contributed by atoms with Gasteiger partial charge in [-0.05, 0) is 31.2 Å². The van der Waals surface area contributed by atoms with Crippen molar-refractivity contribution in [3.8, 4) is 0 Å². The summed E-state index contributed by atoms with van der Waals surface area (Å²) in [4.78, 5) is 11.9. The molecule has 1 aromatic carbocycles. The summed E-state index contributed by atoms with van der Waals surface area (Å²) in [6.45, 7) is 2.10. The first kappa shape index (κ1) is 14.8. The predicted octanol–water partition coefficient (Wildman–Crippen LogP) is 3.67. The fourth-order valence-corrected chi connectivity index (χ4v) is 2.65. The highest BCUT2D eigenvalue weighted by atomic mass is 19.1. The van der Waals surface area contributed by atoms with Gasteiger partial charge >= 0.3 is 5.97 Å². The van der Waals surface area contributed by atoms with Crippen LogP contribution >= 0.6 is 0 Å². The van der Waals surface area contributed by atoms with Crippen molar-refractivity contribution in [3.63, 3.8) is 0 Å². The Morgan fingerprint density at radius 3 is 2.80 bits per heavy atom. The van der Waals surface area contributed by atoms with E-state index < -0.39 is 23.2 Å². The summed E-state index contributed by atoms with van der Waals surface area (Å²) in [5.41, 5.74) is 4.53. The van der Waals surface area contributed by atoms with Crippen molar-refractivity contribution < 1.29 is 18.3 Å². The van der Waals surface area contributed by atoms with Gasteiger partial charge in [-0.3, -0.25) is 0 Å². The summed E-state index contributed by atoms with van der Waals surface area (Å²) in [6.07, 6.45) is 4.53. The molecule has 0 bridgehead atoms. The van der Waals surface area contributed by atoms with Crippen LogP contribution in [-0.4, -0.2) is 12.1 Å². The molecule has 0 radical (unpaired) electrons. The van der Waals surface area contributed by atoms with Gasteiger partial charge in [0.2, 0.25) is 0 Å². The fraction of sp³-hybridized carbons (Fsp3) is 0.533. The van der Waals surface area contributed by atoms with Crippen molar-refractivity contribution in [3.05, 3.63) is 29.3 Å².